The fourth-order valence-electron chi connectivity index (χ4n) is 2.07. The molecule has 0 aliphatic rings. The van der Waals surface area contributed by atoms with Crippen molar-refractivity contribution in [2.45, 2.75) is 20.0 Å². The zero-order valence-electron chi connectivity index (χ0n) is 10.2. The molecule has 94 valence electrons. The maximum absolute atomic E-state index is 10.4. The van der Waals surface area contributed by atoms with E-state index in [1.807, 2.05) is 38.1 Å². The highest BCUT2D eigenvalue weighted by Crippen LogP contribution is 2.31. The van der Waals surface area contributed by atoms with Crippen molar-refractivity contribution in [2.75, 3.05) is 0 Å². The lowest BCUT2D eigenvalue weighted by Crippen LogP contribution is -2.01. The Bertz CT molecular complexity index is 560. The van der Waals surface area contributed by atoms with Crippen molar-refractivity contribution >= 4 is 27.5 Å². The van der Waals surface area contributed by atoms with Crippen LogP contribution in [0.15, 0.2) is 40.9 Å². The summed E-state index contributed by atoms with van der Waals surface area (Å²) < 4.78 is 0.908. The summed E-state index contributed by atoms with van der Waals surface area (Å²) >= 11 is 9.54. The molecular formula is C15H14BrClO. The van der Waals surface area contributed by atoms with Crippen LogP contribution in [0, 0.1) is 13.8 Å². The average molecular weight is 326 g/mol. The fourth-order valence-corrected chi connectivity index (χ4v) is 2.67. The molecule has 0 aliphatic heterocycles. The van der Waals surface area contributed by atoms with Gasteiger partial charge >= 0.3 is 0 Å². The molecule has 0 aliphatic carbocycles. The van der Waals surface area contributed by atoms with Crippen molar-refractivity contribution < 1.29 is 5.11 Å². The second kappa shape index (κ2) is 5.43. The van der Waals surface area contributed by atoms with Crippen LogP contribution in [-0.2, 0) is 0 Å². The Morgan fingerprint density at radius 1 is 1.06 bits per heavy atom. The molecule has 1 nitrogen and oxygen atoms in total. The van der Waals surface area contributed by atoms with Gasteiger partial charge in [0.1, 0.15) is 6.10 Å². The van der Waals surface area contributed by atoms with E-state index in [2.05, 4.69) is 22.0 Å². The molecule has 0 radical (unpaired) electrons. The highest BCUT2D eigenvalue weighted by atomic mass is 79.9. The minimum Gasteiger partial charge on any atom is -0.384 e. The van der Waals surface area contributed by atoms with Gasteiger partial charge in [-0.15, -0.1) is 0 Å². The van der Waals surface area contributed by atoms with E-state index in [1.165, 1.54) is 0 Å². The first-order valence-electron chi connectivity index (χ1n) is 5.68. The summed E-state index contributed by atoms with van der Waals surface area (Å²) in [5.41, 5.74) is 3.86. The van der Waals surface area contributed by atoms with Gasteiger partial charge in [-0.05, 0) is 37.6 Å². The third kappa shape index (κ3) is 2.94. The normalized spacial score (nSPS) is 12.5. The molecule has 1 atom stereocenters. The molecule has 0 fully saturated rings. The minimum atomic E-state index is -0.700. The molecule has 18 heavy (non-hydrogen) atoms. The molecule has 0 saturated heterocycles. The molecule has 0 heterocycles. The molecular weight excluding hydrogens is 312 g/mol. The van der Waals surface area contributed by atoms with Crippen LogP contribution in [-0.4, -0.2) is 5.11 Å². The lowest BCUT2D eigenvalue weighted by Gasteiger charge is -2.15. The second-order valence-electron chi connectivity index (χ2n) is 4.49. The van der Waals surface area contributed by atoms with Crippen LogP contribution in [0.25, 0.3) is 0 Å². The third-order valence-electron chi connectivity index (χ3n) is 2.81. The van der Waals surface area contributed by atoms with E-state index in [1.54, 1.807) is 6.07 Å². The van der Waals surface area contributed by atoms with E-state index in [9.17, 15) is 5.11 Å². The van der Waals surface area contributed by atoms with Crippen molar-refractivity contribution in [1.29, 1.82) is 0 Å². The van der Waals surface area contributed by atoms with Gasteiger partial charge in [0.25, 0.3) is 0 Å². The summed E-state index contributed by atoms with van der Waals surface area (Å²) in [6.07, 6.45) is -0.700. The number of halogens is 2. The highest BCUT2D eigenvalue weighted by Gasteiger charge is 2.15. The Balaban J connectivity index is 2.47. The minimum absolute atomic E-state index is 0.574. The van der Waals surface area contributed by atoms with E-state index in [-0.39, 0.29) is 0 Å². The SMILES string of the molecule is Cc1cc(C)cc(C(O)c2cc(Br)ccc2Cl)c1. The van der Waals surface area contributed by atoms with Crippen molar-refractivity contribution in [3.63, 3.8) is 0 Å². The van der Waals surface area contributed by atoms with Crippen LogP contribution in [0.1, 0.15) is 28.4 Å². The van der Waals surface area contributed by atoms with E-state index < -0.39 is 6.10 Å². The number of benzene rings is 2. The van der Waals surface area contributed by atoms with Gasteiger partial charge in [-0.3, -0.25) is 0 Å². The quantitative estimate of drug-likeness (QED) is 0.841. The highest BCUT2D eigenvalue weighted by molar-refractivity contribution is 9.10. The first-order valence-corrected chi connectivity index (χ1v) is 6.85. The van der Waals surface area contributed by atoms with E-state index in [0.29, 0.717) is 5.02 Å². The van der Waals surface area contributed by atoms with Gasteiger partial charge in [-0.2, -0.15) is 0 Å². The predicted molar refractivity (Wildman–Crippen MR) is 79.1 cm³/mol. The predicted octanol–water partition coefficient (Wildman–Crippen LogP) is 4.80. The van der Waals surface area contributed by atoms with Crippen LogP contribution in [0.4, 0.5) is 0 Å². The van der Waals surface area contributed by atoms with E-state index in [0.717, 1.165) is 26.7 Å². The smallest absolute Gasteiger partial charge is 0.106 e. The first kappa shape index (κ1) is 13.6. The Morgan fingerprint density at radius 3 is 2.28 bits per heavy atom. The van der Waals surface area contributed by atoms with Gasteiger partial charge < -0.3 is 5.11 Å². The molecule has 2 aromatic carbocycles. The zero-order chi connectivity index (χ0) is 13.3. The number of hydrogen-bond acceptors (Lipinski definition) is 1. The summed E-state index contributed by atoms with van der Waals surface area (Å²) in [7, 11) is 0. The number of rotatable bonds is 2. The van der Waals surface area contributed by atoms with Crippen molar-refractivity contribution in [3.8, 4) is 0 Å². The molecule has 0 saturated carbocycles. The standard InChI is InChI=1S/C15H14BrClO/c1-9-5-10(2)7-11(6-9)15(18)13-8-12(16)3-4-14(13)17/h3-8,15,18H,1-2H3. The lowest BCUT2D eigenvalue weighted by atomic mass is 9.98. The summed E-state index contributed by atoms with van der Waals surface area (Å²) in [6, 6.07) is 11.5. The van der Waals surface area contributed by atoms with Crippen LogP contribution in [0.3, 0.4) is 0 Å². The number of aliphatic hydroxyl groups is 1. The van der Waals surface area contributed by atoms with E-state index >= 15 is 0 Å². The Kier molecular flexibility index (Phi) is 4.10. The maximum atomic E-state index is 10.4. The van der Waals surface area contributed by atoms with Crippen molar-refractivity contribution in [1.82, 2.24) is 0 Å². The van der Waals surface area contributed by atoms with E-state index in [4.69, 9.17) is 11.6 Å². The van der Waals surface area contributed by atoms with Gasteiger partial charge in [0, 0.05) is 15.1 Å². The van der Waals surface area contributed by atoms with Crippen LogP contribution < -0.4 is 0 Å². The summed E-state index contributed by atoms with van der Waals surface area (Å²) in [5, 5.41) is 11.0. The summed E-state index contributed by atoms with van der Waals surface area (Å²) in [4.78, 5) is 0. The maximum Gasteiger partial charge on any atom is 0.106 e. The summed E-state index contributed by atoms with van der Waals surface area (Å²) in [5.74, 6) is 0. The second-order valence-corrected chi connectivity index (χ2v) is 5.81. The molecule has 2 rings (SSSR count). The largest absolute Gasteiger partial charge is 0.384 e. The Hall–Kier alpha value is -0.830. The molecule has 0 amide bonds. The zero-order valence-corrected chi connectivity index (χ0v) is 12.6. The van der Waals surface area contributed by atoms with Crippen LogP contribution in [0.5, 0.6) is 0 Å². The Labute approximate surface area is 121 Å². The first-order chi connectivity index (χ1) is 8.47. The Morgan fingerprint density at radius 2 is 1.67 bits per heavy atom. The van der Waals surface area contributed by atoms with Crippen LogP contribution in [0.2, 0.25) is 5.02 Å². The monoisotopic (exact) mass is 324 g/mol. The van der Waals surface area contributed by atoms with Gasteiger partial charge in [0.2, 0.25) is 0 Å². The summed E-state index contributed by atoms with van der Waals surface area (Å²) in [6.45, 7) is 4.04. The molecule has 0 aromatic heterocycles. The molecule has 1 N–H and O–H groups in total. The number of aliphatic hydroxyl groups excluding tert-OH is 1. The number of aryl methyl sites for hydroxylation is 2. The lowest BCUT2D eigenvalue weighted by molar-refractivity contribution is 0.220. The topological polar surface area (TPSA) is 20.2 Å². The van der Waals surface area contributed by atoms with Crippen LogP contribution >= 0.6 is 27.5 Å². The molecule has 0 bridgehead atoms. The number of hydrogen-bond donors (Lipinski definition) is 1. The van der Waals surface area contributed by atoms with Gasteiger partial charge in [-0.1, -0.05) is 56.9 Å². The molecule has 2 aromatic rings. The van der Waals surface area contributed by atoms with Gasteiger partial charge in [-0.25, -0.2) is 0 Å². The van der Waals surface area contributed by atoms with Crippen molar-refractivity contribution in [3.05, 3.63) is 68.1 Å². The molecule has 3 heteroatoms. The molecule has 1 unspecified atom stereocenters. The molecule has 0 spiro atoms. The third-order valence-corrected chi connectivity index (χ3v) is 3.65. The average Bonchev–Trinajstić information content (AvgIpc) is 2.30. The van der Waals surface area contributed by atoms with Gasteiger partial charge in [0.05, 0.1) is 0 Å². The van der Waals surface area contributed by atoms with Gasteiger partial charge in [0.15, 0.2) is 0 Å². The fraction of sp³-hybridized carbons (Fsp3) is 0.200. The van der Waals surface area contributed by atoms with Crippen molar-refractivity contribution in [2.24, 2.45) is 0 Å².